The summed E-state index contributed by atoms with van der Waals surface area (Å²) in [7, 11) is 0. The number of piperidine rings is 1. The molecule has 1 heterocycles. The maximum absolute atomic E-state index is 13.1. The molecular weight excluding hydrogens is 291 g/mol. The van der Waals surface area contributed by atoms with Gasteiger partial charge in [-0.3, -0.25) is 0 Å². The molecule has 78 valence electrons. The van der Waals surface area contributed by atoms with E-state index in [1.54, 1.807) is 0 Å². The molecule has 13 heavy (non-hydrogen) atoms. The van der Waals surface area contributed by atoms with E-state index in [1.807, 2.05) is 4.90 Å². The summed E-state index contributed by atoms with van der Waals surface area (Å²) in [6, 6.07) is 0. The van der Waals surface area contributed by atoms with Crippen LogP contribution in [0.2, 0.25) is 0 Å². The molecular formula is C8H14F2INO. The number of alkyl halides is 3. The lowest BCUT2D eigenvalue weighted by atomic mass is 9.94. The van der Waals surface area contributed by atoms with Crippen LogP contribution in [0.1, 0.15) is 6.42 Å². The minimum absolute atomic E-state index is 0.116. The molecule has 1 fully saturated rings. The van der Waals surface area contributed by atoms with Gasteiger partial charge in [0.1, 0.15) is 0 Å². The highest BCUT2D eigenvalue weighted by Gasteiger charge is 2.43. The van der Waals surface area contributed by atoms with Gasteiger partial charge in [0.15, 0.2) is 0 Å². The van der Waals surface area contributed by atoms with Gasteiger partial charge in [-0.25, -0.2) is 8.78 Å². The van der Waals surface area contributed by atoms with Crippen LogP contribution in [-0.2, 0) is 0 Å². The van der Waals surface area contributed by atoms with Gasteiger partial charge in [0.2, 0.25) is 0 Å². The summed E-state index contributed by atoms with van der Waals surface area (Å²) in [5.74, 6) is -3.54. The van der Waals surface area contributed by atoms with Gasteiger partial charge in [0, 0.05) is 30.5 Å². The van der Waals surface area contributed by atoms with Crippen LogP contribution in [-0.4, -0.2) is 46.6 Å². The van der Waals surface area contributed by atoms with Crippen LogP contribution in [0.4, 0.5) is 8.78 Å². The molecule has 0 aliphatic carbocycles. The zero-order chi connectivity index (χ0) is 9.90. The first kappa shape index (κ1) is 11.6. The third kappa shape index (κ3) is 2.99. The Bertz CT molecular complexity index is 168. The van der Waals surface area contributed by atoms with E-state index >= 15 is 0 Å². The fraction of sp³-hybridized carbons (Fsp3) is 1.00. The Balaban J connectivity index is 2.48. The van der Waals surface area contributed by atoms with Gasteiger partial charge in [-0.2, -0.15) is 0 Å². The van der Waals surface area contributed by atoms with Crippen LogP contribution in [0.3, 0.4) is 0 Å². The Labute approximate surface area is 90.4 Å². The summed E-state index contributed by atoms with van der Waals surface area (Å²) >= 11 is 2.23. The lowest BCUT2D eigenvalue weighted by Crippen LogP contribution is -2.48. The predicted octanol–water partition coefficient (Wildman–Crippen LogP) is 1.37. The fourth-order valence-electron chi connectivity index (χ4n) is 1.56. The molecule has 1 N–H and O–H groups in total. The standard InChI is InChI=1S/C8H14F2INO/c9-8(10)1-3-12(4-2-11)5-7(8)6-13/h7,13H,1-6H2. The van der Waals surface area contributed by atoms with E-state index in [2.05, 4.69) is 22.6 Å². The largest absolute Gasteiger partial charge is 0.396 e. The molecule has 1 rings (SSSR count). The predicted molar refractivity (Wildman–Crippen MR) is 55.5 cm³/mol. The van der Waals surface area contributed by atoms with E-state index in [0.717, 1.165) is 11.0 Å². The number of nitrogens with zero attached hydrogens (tertiary/aromatic N) is 1. The number of aliphatic hydroxyl groups is 1. The number of hydrogen-bond donors (Lipinski definition) is 1. The summed E-state index contributed by atoms with van der Waals surface area (Å²) in [6.07, 6.45) is -0.116. The van der Waals surface area contributed by atoms with E-state index in [-0.39, 0.29) is 6.42 Å². The summed E-state index contributed by atoms with van der Waals surface area (Å²) in [5, 5.41) is 8.80. The molecule has 1 unspecified atom stereocenters. The highest BCUT2D eigenvalue weighted by atomic mass is 127. The molecule has 0 saturated carbocycles. The van der Waals surface area contributed by atoms with Gasteiger partial charge in [0.05, 0.1) is 12.5 Å². The number of aliphatic hydroxyl groups excluding tert-OH is 1. The quantitative estimate of drug-likeness (QED) is 0.629. The smallest absolute Gasteiger partial charge is 0.255 e. The number of hydrogen-bond acceptors (Lipinski definition) is 2. The average Bonchev–Trinajstić information content (AvgIpc) is 2.08. The van der Waals surface area contributed by atoms with Crippen molar-refractivity contribution in [1.82, 2.24) is 4.90 Å². The van der Waals surface area contributed by atoms with Crippen molar-refractivity contribution in [3.63, 3.8) is 0 Å². The van der Waals surface area contributed by atoms with Crippen LogP contribution >= 0.6 is 22.6 Å². The molecule has 1 aliphatic heterocycles. The summed E-state index contributed by atoms with van der Waals surface area (Å²) in [5.41, 5.74) is 0. The topological polar surface area (TPSA) is 23.5 Å². The monoisotopic (exact) mass is 305 g/mol. The maximum Gasteiger partial charge on any atom is 0.255 e. The molecule has 0 aromatic rings. The molecule has 0 aromatic carbocycles. The van der Waals surface area contributed by atoms with Crippen molar-refractivity contribution in [2.24, 2.45) is 5.92 Å². The maximum atomic E-state index is 13.1. The van der Waals surface area contributed by atoms with Crippen molar-refractivity contribution >= 4 is 22.6 Å². The molecule has 1 atom stereocenters. The molecule has 5 heteroatoms. The van der Waals surface area contributed by atoms with Crippen molar-refractivity contribution in [2.75, 3.05) is 30.7 Å². The Kier molecular flexibility index (Phi) is 4.31. The lowest BCUT2D eigenvalue weighted by molar-refractivity contribution is -0.119. The molecule has 2 nitrogen and oxygen atoms in total. The number of rotatable bonds is 3. The Morgan fingerprint density at radius 3 is 2.77 bits per heavy atom. The van der Waals surface area contributed by atoms with Gasteiger partial charge >= 0.3 is 0 Å². The first-order chi connectivity index (χ1) is 6.10. The Morgan fingerprint density at radius 1 is 1.54 bits per heavy atom. The van der Waals surface area contributed by atoms with Gasteiger partial charge in [-0.05, 0) is 0 Å². The van der Waals surface area contributed by atoms with Crippen molar-refractivity contribution in [3.8, 4) is 0 Å². The molecule has 1 saturated heterocycles. The first-order valence-corrected chi connectivity index (χ1v) is 5.89. The van der Waals surface area contributed by atoms with E-state index < -0.39 is 18.4 Å². The van der Waals surface area contributed by atoms with Crippen LogP contribution in [0.25, 0.3) is 0 Å². The normalized spacial score (nSPS) is 29.1. The summed E-state index contributed by atoms with van der Waals surface area (Å²) in [6.45, 7) is 1.21. The molecule has 0 aromatic heterocycles. The molecule has 0 radical (unpaired) electrons. The summed E-state index contributed by atoms with van der Waals surface area (Å²) < 4.78 is 27.1. The molecule has 0 amide bonds. The number of halogens is 3. The highest BCUT2D eigenvalue weighted by molar-refractivity contribution is 14.1. The zero-order valence-electron chi connectivity index (χ0n) is 7.35. The van der Waals surface area contributed by atoms with Crippen LogP contribution < -0.4 is 0 Å². The average molecular weight is 305 g/mol. The van der Waals surface area contributed by atoms with Crippen LogP contribution in [0.15, 0.2) is 0 Å². The van der Waals surface area contributed by atoms with Crippen molar-refractivity contribution in [3.05, 3.63) is 0 Å². The van der Waals surface area contributed by atoms with Gasteiger partial charge in [-0.1, -0.05) is 22.6 Å². The van der Waals surface area contributed by atoms with Gasteiger partial charge in [0.25, 0.3) is 5.92 Å². The van der Waals surface area contributed by atoms with Crippen molar-refractivity contribution in [2.45, 2.75) is 12.3 Å². The second-order valence-corrected chi connectivity index (χ2v) is 4.46. The van der Waals surface area contributed by atoms with E-state index in [1.165, 1.54) is 0 Å². The SMILES string of the molecule is OCC1CN(CCI)CCC1(F)F. The van der Waals surface area contributed by atoms with E-state index in [9.17, 15) is 8.78 Å². The van der Waals surface area contributed by atoms with E-state index in [0.29, 0.717) is 13.1 Å². The number of likely N-dealkylation sites (tertiary alicyclic amines) is 1. The molecule has 0 bridgehead atoms. The molecule has 0 spiro atoms. The van der Waals surface area contributed by atoms with Crippen LogP contribution in [0.5, 0.6) is 0 Å². The first-order valence-electron chi connectivity index (χ1n) is 4.37. The molecule has 1 aliphatic rings. The van der Waals surface area contributed by atoms with Crippen molar-refractivity contribution in [1.29, 1.82) is 0 Å². The third-order valence-electron chi connectivity index (χ3n) is 2.46. The summed E-state index contributed by atoms with van der Waals surface area (Å²) in [4.78, 5) is 1.99. The van der Waals surface area contributed by atoms with Crippen LogP contribution in [0, 0.1) is 5.92 Å². The third-order valence-corrected chi connectivity index (χ3v) is 2.94. The lowest BCUT2D eigenvalue weighted by Gasteiger charge is -2.37. The minimum Gasteiger partial charge on any atom is -0.396 e. The van der Waals surface area contributed by atoms with Gasteiger partial charge < -0.3 is 10.0 Å². The zero-order valence-corrected chi connectivity index (χ0v) is 9.51. The second-order valence-electron chi connectivity index (χ2n) is 3.38. The van der Waals surface area contributed by atoms with E-state index in [4.69, 9.17) is 5.11 Å². The minimum atomic E-state index is -2.67. The second kappa shape index (κ2) is 4.84. The highest BCUT2D eigenvalue weighted by Crippen LogP contribution is 2.32. The Hall–Kier alpha value is 0.510. The van der Waals surface area contributed by atoms with Gasteiger partial charge in [-0.15, -0.1) is 0 Å². The fourth-order valence-corrected chi connectivity index (χ4v) is 2.24. The van der Waals surface area contributed by atoms with Crippen molar-refractivity contribution < 1.29 is 13.9 Å². The Morgan fingerprint density at radius 2 is 2.23 bits per heavy atom.